The topological polar surface area (TPSA) is 81.8 Å². The summed E-state index contributed by atoms with van der Waals surface area (Å²) < 4.78 is 3.54. The monoisotopic (exact) mass is 367 g/mol. The van der Waals surface area contributed by atoms with Gasteiger partial charge in [-0.3, -0.25) is 14.2 Å². The summed E-state index contributed by atoms with van der Waals surface area (Å²) in [4.78, 5) is 33.0. The Balaban J connectivity index is 1.44. The van der Waals surface area contributed by atoms with E-state index >= 15 is 0 Å². The van der Waals surface area contributed by atoms with E-state index in [4.69, 9.17) is 0 Å². The molecule has 0 unspecified atom stereocenters. The van der Waals surface area contributed by atoms with Gasteiger partial charge in [0.1, 0.15) is 5.56 Å². The molecule has 0 radical (unpaired) electrons. The number of hydrogen-bond donors (Lipinski definition) is 1. The molecule has 26 heavy (non-hydrogen) atoms. The molecular formula is C18H17N5O2S. The van der Waals surface area contributed by atoms with Crippen molar-refractivity contribution in [3.63, 3.8) is 0 Å². The molecule has 0 fully saturated rings. The molecule has 4 rings (SSSR count). The molecule has 1 aliphatic rings. The third-order valence-corrected chi connectivity index (χ3v) is 5.14. The van der Waals surface area contributed by atoms with Crippen molar-refractivity contribution in [2.24, 2.45) is 0 Å². The van der Waals surface area contributed by atoms with Crippen LogP contribution in [-0.4, -0.2) is 30.8 Å². The van der Waals surface area contributed by atoms with Crippen LogP contribution in [0.25, 0.3) is 0 Å². The smallest absolute Gasteiger partial charge is 0.267 e. The maximum atomic E-state index is 12.4. The minimum absolute atomic E-state index is 0.0887. The average molecular weight is 367 g/mol. The maximum absolute atomic E-state index is 12.4. The number of rotatable bonds is 5. The van der Waals surface area contributed by atoms with Gasteiger partial charge >= 0.3 is 0 Å². The number of benzene rings is 1. The Kier molecular flexibility index (Phi) is 4.57. The average Bonchev–Trinajstić information content (AvgIpc) is 3.32. The Morgan fingerprint density at radius 3 is 3.04 bits per heavy atom. The van der Waals surface area contributed by atoms with Crippen LogP contribution in [0.1, 0.15) is 21.5 Å². The third kappa shape index (κ3) is 3.41. The van der Waals surface area contributed by atoms with Crippen LogP contribution < -0.4 is 10.9 Å². The zero-order valence-corrected chi connectivity index (χ0v) is 14.8. The lowest BCUT2D eigenvalue weighted by Crippen LogP contribution is -2.33. The van der Waals surface area contributed by atoms with Gasteiger partial charge in [-0.05, 0) is 11.1 Å². The Morgan fingerprint density at radius 2 is 2.19 bits per heavy atom. The first-order valence-corrected chi connectivity index (χ1v) is 9.23. The summed E-state index contributed by atoms with van der Waals surface area (Å²) in [6, 6.07) is 7.96. The van der Waals surface area contributed by atoms with E-state index in [2.05, 4.69) is 15.3 Å². The Labute approximate surface area is 154 Å². The predicted molar refractivity (Wildman–Crippen MR) is 98.2 cm³/mol. The van der Waals surface area contributed by atoms with E-state index in [1.165, 1.54) is 18.0 Å². The van der Waals surface area contributed by atoms with Gasteiger partial charge in [0, 0.05) is 44.0 Å². The molecule has 1 aromatic carbocycles. The summed E-state index contributed by atoms with van der Waals surface area (Å²) in [5.41, 5.74) is 1.91. The molecule has 1 aliphatic heterocycles. The fraction of sp³-hybridized carbons (Fsp3) is 0.222. The molecule has 0 spiro atoms. The van der Waals surface area contributed by atoms with Crippen molar-refractivity contribution in [2.45, 2.75) is 24.8 Å². The summed E-state index contributed by atoms with van der Waals surface area (Å²) in [7, 11) is 0. The van der Waals surface area contributed by atoms with Gasteiger partial charge in [-0.1, -0.05) is 36.0 Å². The van der Waals surface area contributed by atoms with Crippen molar-refractivity contribution in [3.8, 4) is 0 Å². The Morgan fingerprint density at radius 1 is 1.31 bits per heavy atom. The van der Waals surface area contributed by atoms with Crippen molar-refractivity contribution in [2.75, 3.05) is 5.75 Å². The maximum Gasteiger partial charge on any atom is 0.267 e. The number of nitrogens with one attached hydrogen (secondary N) is 1. The van der Waals surface area contributed by atoms with Crippen LogP contribution in [0.2, 0.25) is 0 Å². The molecule has 3 aromatic rings. The Hall–Kier alpha value is -2.87. The second-order valence-corrected chi connectivity index (χ2v) is 7.06. The molecule has 1 N–H and O–H groups in total. The first-order chi connectivity index (χ1) is 12.7. The minimum Gasteiger partial charge on any atom is -0.348 e. The number of carbonyl (C=O) groups excluding carboxylic acids is 1. The van der Waals surface area contributed by atoms with E-state index in [-0.39, 0.29) is 11.1 Å². The number of imidazole rings is 1. The van der Waals surface area contributed by atoms with Gasteiger partial charge in [0.05, 0.1) is 6.33 Å². The van der Waals surface area contributed by atoms with Gasteiger partial charge in [0.25, 0.3) is 11.5 Å². The van der Waals surface area contributed by atoms with Crippen molar-refractivity contribution in [3.05, 3.63) is 76.2 Å². The lowest BCUT2D eigenvalue weighted by Gasteiger charge is -2.09. The van der Waals surface area contributed by atoms with Gasteiger partial charge < -0.3 is 9.88 Å². The van der Waals surface area contributed by atoms with Crippen LogP contribution in [0.3, 0.4) is 0 Å². The molecule has 3 heterocycles. The van der Waals surface area contributed by atoms with Gasteiger partial charge in [-0.15, -0.1) is 0 Å². The number of fused-ring (bicyclic) bond motifs is 1. The summed E-state index contributed by atoms with van der Waals surface area (Å²) in [5, 5.41) is 3.49. The molecule has 0 aliphatic carbocycles. The number of nitrogens with zero attached hydrogens (tertiary/aromatic N) is 4. The SMILES string of the molecule is O=C(NCc1cccc(Cn2ccnc2)c1)c1cnc2n(c1=O)CCS2. The fourth-order valence-electron chi connectivity index (χ4n) is 2.88. The van der Waals surface area contributed by atoms with Gasteiger partial charge in [-0.25, -0.2) is 9.97 Å². The van der Waals surface area contributed by atoms with Crippen molar-refractivity contribution in [1.29, 1.82) is 0 Å². The van der Waals surface area contributed by atoms with Crippen molar-refractivity contribution >= 4 is 17.7 Å². The van der Waals surface area contributed by atoms with E-state index in [1.54, 1.807) is 17.1 Å². The number of thioether (sulfide) groups is 1. The summed E-state index contributed by atoms with van der Waals surface area (Å²) in [5.74, 6) is 0.423. The van der Waals surface area contributed by atoms with Crippen LogP contribution in [-0.2, 0) is 19.6 Å². The van der Waals surface area contributed by atoms with E-state index in [9.17, 15) is 9.59 Å². The van der Waals surface area contributed by atoms with Crippen molar-refractivity contribution < 1.29 is 4.79 Å². The molecule has 0 saturated carbocycles. The van der Waals surface area contributed by atoms with Crippen LogP contribution in [0, 0.1) is 0 Å². The van der Waals surface area contributed by atoms with Gasteiger partial charge in [0.2, 0.25) is 0 Å². The second kappa shape index (κ2) is 7.17. The zero-order chi connectivity index (χ0) is 17.9. The highest BCUT2D eigenvalue weighted by Gasteiger charge is 2.19. The number of amides is 1. The highest BCUT2D eigenvalue weighted by atomic mass is 32.2. The highest BCUT2D eigenvalue weighted by molar-refractivity contribution is 7.99. The van der Waals surface area contributed by atoms with E-state index in [1.807, 2.05) is 35.0 Å². The molecule has 8 heteroatoms. The lowest BCUT2D eigenvalue weighted by atomic mass is 10.1. The number of carbonyl (C=O) groups is 1. The van der Waals surface area contributed by atoms with Gasteiger partial charge in [0.15, 0.2) is 5.16 Å². The first-order valence-electron chi connectivity index (χ1n) is 8.25. The molecule has 0 bridgehead atoms. The largest absolute Gasteiger partial charge is 0.348 e. The predicted octanol–water partition coefficient (Wildman–Crippen LogP) is 1.52. The second-order valence-electron chi connectivity index (χ2n) is 6.00. The molecule has 0 saturated heterocycles. The minimum atomic E-state index is -0.394. The van der Waals surface area contributed by atoms with Crippen LogP contribution in [0.15, 0.2) is 59.1 Å². The lowest BCUT2D eigenvalue weighted by molar-refractivity contribution is 0.0948. The van der Waals surface area contributed by atoms with E-state index in [0.717, 1.165) is 23.4 Å². The van der Waals surface area contributed by atoms with Gasteiger partial charge in [-0.2, -0.15) is 0 Å². The Bertz CT molecular complexity index is 997. The molecule has 0 atom stereocenters. The molecule has 1 amide bonds. The van der Waals surface area contributed by atoms with E-state index in [0.29, 0.717) is 18.2 Å². The number of aromatic nitrogens is 4. The summed E-state index contributed by atoms with van der Waals surface area (Å²) in [6.45, 7) is 1.67. The van der Waals surface area contributed by atoms with Crippen LogP contribution in [0.4, 0.5) is 0 Å². The molecule has 7 nitrogen and oxygen atoms in total. The molecule has 2 aromatic heterocycles. The van der Waals surface area contributed by atoms with E-state index < -0.39 is 5.91 Å². The quantitative estimate of drug-likeness (QED) is 0.692. The van der Waals surface area contributed by atoms with Crippen LogP contribution in [0.5, 0.6) is 0 Å². The van der Waals surface area contributed by atoms with Crippen LogP contribution >= 0.6 is 11.8 Å². The first kappa shape index (κ1) is 16.6. The summed E-state index contributed by atoms with van der Waals surface area (Å²) >= 11 is 1.53. The van der Waals surface area contributed by atoms with Crippen molar-refractivity contribution in [1.82, 2.24) is 24.4 Å². The zero-order valence-electron chi connectivity index (χ0n) is 14.0. The fourth-order valence-corrected chi connectivity index (χ4v) is 3.79. The summed E-state index contributed by atoms with van der Waals surface area (Å²) in [6.07, 6.45) is 6.78. The highest BCUT2D eigenvalue weighted by Crippen LogP contribution is 2.20. The standard InChI is InChI=1S/C18H17N5O2S/c24-16(15-10-21-18-23(17(15)25)6-7-26-18)20-9-13-2-1-3-14(8-13)11-22-5-4-19-12-22/h1-5,8,10,12H,6-7,9,11H2,(H,20,24). The third-order valence-electron chi connectivity index (χ3n) is 4.17. The molecular weight excluding hydrogens is 350 g/mol. The normalized spacial score (nSPS) is 12.8. The molecule has 132 valence electrons. The number of hydrogen-bond acceptors (Lipinski definition) is 5.